The molecule has 2 N–H and O–H groups in total. The van der Waals surface area contributed by atoms with Crippen molar-refractivity contribution < 1.29 is 4.79 Å². The molecular formula is C18H29Cl2N3O. The van der Waals surface area contributed by atoms with Gasteiger partial charge in [0.15, 0.2) is 0 Å². The lowest BCUT2D eigenvalue weighted by Gasteiger charge is -2.31. The minimum atomic E-state index is 0. The lowest BCUT2D eigenvalue weighted by molar-refractivity contribution is -0.121. The standard InChI is InChI=1S/C18H27N3O.2ClH/c1-14(16-11-19-12-16)18(22)20-17-7-5-6-15(10-17)13-21-8-3-2-4-9-21;;/h5-7,10,14,16,19H,2-4,8-9,11-13H2,1H3,(H,20,22);2*1H. The number of rotatable bonds is 5. The van der Waals surface area contributed by atoms with Crippen molar-refractivity contribution in [3.05, 3.63) is 29.8 Å². The van der Waals surface area contributed by atoms with Crippen molar-refractivity contribution in [1.82, 2.24) is 10.2 Å². The van der Waals surface area contributed by atoms with Crippen molar-refractivity contribution in [1.29, 1.82) is 0 Å². The molecule has 1 aromatic carbocycles. The number of hydrogen-bond acceptors (Lipinski definition) is 3. The van der Waals surface area contributed by atoms with Gasteiger partial charge in [-0.3, -0.25) is 9.69 Å². The van der Waals surface area contributed by atoms with E-state index in [9.17, 15) is 4.79 Å². The largest absolute Gasteiger partial charge is 0.326 e. The Balaban J connectivity index is 0.00000144. The van der Waals surface area contributed by atoms with Gasteiger partial charge < -0.3 is 10.6 Å². The summed E-state index contributed by atoms with van der Waals surface area (Å²) in [6.07, 6.45) is 3.98. The lowest BCUT2D eigenvalue weighted by Crippen LogP contribution is -2.48. The molecule has 0 radical (unpaired) electrons. The summed E-state index contributed by atoms with van der Waals surface area (Å²) in [6, 6.07) is 8.32. The molecule has 6 heteroatoms. The Kier molecular flexibility index (Phi) is 9.06. The molecule has 136 valence electrons. The Morgan fingerprint density at radius 2 is 1.96 bits per heavy atom. The topological polar surface area (TPSA) is 44.4 Å². The monoisotopic (exact) mass is 373 g/mol. The first kappa shape index (κ1) is 21.2. The predicted molar refractivity (Wildman–Crippen MR) is 104 cm³/mol. The van der Waals surface area contributed by atoms with E-state index in [-0.39, 0.29) is 36.6 Å². The predicted octanol–water partition coefficient (Wildman–Crippen LogP) is 3.31. The van der Waals surface area contributed by atoms with Crippen molar-refractivity contribution in [2.75, 3.05) is 31.5 Å². The third-order valence-electron chi connectivity index (χ3n) is 4.98. The summed E-state index contributed by atoms with van der Waals surface area (Å²) in [5.74, 6) is 0.699. The van der Waals surface area contributed by atoms with Gasteiger partial charge in [0, 0.05) is 18.2 Å². The van der Waals surface area contributed by atoms with E-state index >= 15 is 0 Å². The van der Waals surface area contributed by atoms with Crippen LogP contribution in [0.15, 0.2) is 24.3 Å². The number of amides is 1. The van der Waals surface area contributed by atoms with Crippen LogP contribution < -0.4 is 10.6 Å². The van der Waals surface area contributed by atoms with E-state index in [1.807, 2.05) is 19.1 Å². The number of halogens is 2. The zero-order chi connectivity index (χ0) is 15.4. The Morgan fingerprint density at radius 3 is 2.58 bits per heavy atom. The van der Waals surface area contributed by atoms with Gasteiger partial charge in [-0.05, 0) is 62.6 Å². The molecule has 1 unspecified atom stereocenters. The fraction of sp³-hybridized carbons (Fsp3) is 0.611. The molecule has 2 fully saturated rings. The first-order chi connectivity index (χ1) is 10.7. The second-order valence-corrected chi connectivity index (χ2v) is 6.73. The summed E-state index contributed by atoms with van der Waals surface area (Å²) in [7, 11) is 0. The van der Waals surface area contributed by atoms with Gasteiger partial charge in [-0.15, -0.1) is 24.8 Å². The molecule has 2 saturated heterocycles. The van der Waals surface area contributed by atoms with Gasteiger partial charge in [-0.25, -0.2) is 0 Å². The Bertz CT molecular complexity index is 517. The molecule has 0 saturated carbocycles. The number of nitrogens with one attached hydrogen (secondary N) is 2. The zero-order valence-electron chi connectivity index (χ0n) is 14.3. The minimum absolute atomic E-state index is 0. The van der Waals surface area contributed by atoms with Gasteiger partial charge in [0.1, 0.15) is 0 Å². The van der Waals surface area contributed by atoms with Crippen molar-refractivity contribution in [2.45, 2.75) is 32.7 Å². The van der Waals surface area contributed by atoms with Crippen LogP contribution in [0.3, 0.4) is 0 Å². The molecule has 0 aliphatic carbocycles. The normalized spacial score (nSPS) is 19.4. The fourth-order valence-corrected chi connectivity index (χ4v) is 3.26. The lowest BCUT2D eigenvalue weighted by atomic mass is 9.88. The van der Waals surface area contributed by atoms with Gasteiger partial charge in [0.05, 0.1) is 0 Å². The molecule has 2 heterocycles. The molecular weight excluding hydrogens is 345 g/mol. The number of carbonyl (C=O) groups is 1. The summed E-state index contributed by atoms with van der Waals surface area (Å²) in [5, 5.41) is 6.31. The molecule has 24 heavy (non-hydrogen) atoms. The smallest absolute Gasteiger partial charge is 0.227 e. The quantitative estimate of drug-likeness (QED) is 0.831. The zero-order valence-corrected chi connectivity index (χ0v) is 15.9. The van der Waals surface area contributed by atoms with Gasteiger partial charge in [-0.2, -0.15) is 0 Å². The van der Waals surface area contributed by atoms with Crippen LogP contribution >= 0.6 is 24.8 Å². The highest BCUT2D eigenvalue weighted by molar-refractivity contribution is 5.92. The van der Waals surface area contributed by atoms with Crippen LogP contribution in [0.2, 0.25) is 0 Å². The maximum absolute atomic E-state index is 12.3. The van der Waals surface area contributed by atoms with E-state index in [0.717, 1.165) is 25.3 Å². The third kappa shape index (κ3) is 5.62. The molecule has 2 aliphatic heterocycles. The summed E-state index contributed by atoms with van der Waals surface area (Å²) in [5.41, 5.74) is 2.22. The molecule has 1 amide bonds. The van der Waals surface area contributed by atoms with Crippen LogP contribution in [0, 0.1) is 11.8 Å². The fourth-order valence-electron chi connectivity index (χ4n) is 3.26. The van der Waals surface area contributed by atoms with Crippen molar-refractivity contribution in [3.63, 3.8) is 0 Å². The molecule has 1 aromatic rings. The molecule has 2 aliphatic rings. The summed E-state index contributed by atoms with van der Waals surface area (Å²) in [6.45, 7) is 7.34. The van der Waals surface area contributed by atoms with Gasteiger partial charge in [0.25, 0.3) is 0 Å². The van der Waals surface area contributed by atoms with E-state index in [1.54, 1.807) is 0 Å². The van der Waals surface area contributed by atoms with Crippen LogP contribution in [0.5, 0.6) is 0 Å². The van der Waals surface area contributed by atoms with E-state index in [1.165, 1.54) is 37.9 Å². The maximum Gasteiger partial charge on any atom is 0.227 e. The molecule has 0 bridgehead atoms. The number of likely N-dealkylation sites (tertiary alicyclic amines) is 1. The van der Waals surface area contributed by atoms with Gasteiger partial charge in [0.2, 0.25) is 5.91 Å². The van der Waals surface area contributed by atoms with Crippen LogP contribution in [0.4, 0.5) is 5.69 Å². The van der Waals surface area contributed by atoms with E-state index in [2.05, 4.69) is 27.7 Å². The first-order valence-electron chi connectivity index (χ1n) is 8.55. The molecule has 4 nitrogen and oxygen atoms in total. The maximum atomic E-state index is 12.3. The van der Waals surface area contributed by atoms with Gasteiger partial charge in [-0.1, -0.05) is 25.5 Å². The first-order valence-corrected chi connectivity index (χ1v) is 8.55. The Labute approximate surface area is 157 Å². The van der Waals surface area contributed by atoms with Crippen LogP contribution in [0.25, 0.3) is 0 Å². The number of nitrogens with zero attached hydrogens (tertiary/aromatic N) is 1. The summed E-state index contributed by atoms with van der Waals surface area (Å²) in [4.78, 5) is 14.8. The van der Waals surface area contributed by atoms with E-state index in [4.69, 9.17) is 0 Å². The average Bonchev–Trinajstić information content (AvgIpc) is 2.47. The minimum Gasteiger partial charge on any atom is -0.326 e. The van der Waals surface area contributed by atoms with Crippen molar-refractivity contribution in [3.8, 4) is 0 Å². The Morgan fingerprint density at radius 1 is 1.25 bits per heavy atom. The van der Waals surface area contributed by atoms with E-state index < -0.39 is 0 Å². The number of anilines is 1. The number of hydrogen-bond donors (Lipinski definition) is 2. The number of carbonyl (C=O) groups excluding carboxylic acids is 1. The number of benzene rings is 1. The van der Waals surface area contributed by atoms with Crippen molar-refractivity contribution >= 4 is 36.4 Å². The molecule has 0 aromatic heterocycles. The highest BCUT2D eigenvalue weighted by atomic mass is 35.5. The van der Waals surface area contributed by atoms with Crippen LogP contribution in [0.1, 0.15) is 31.7 Å². The Hall–Kier alpha value is -0.810. The number of piperidine rings is 1. The SMILES string of the molecule is CC(C(=O)Nc1cccc(CN2CCCCC2)c1)C1CNC1.Cl.Cl. The van der Waals surface area contributed by atoms with Crippen molar-refractivity contribution in [2.24, 2.45) is 11.8 Å². The summed E-state index contributed by atoms with van der Waals surface area (Å²) >= 11 is 0. The average molecular weight is 374 g/mol. The second kappa shape index (κ2) is 10.2. The van der Waals surface area contributed by atoms with Gasteiger partial charge >= 0.3 is 0 Å². The third-order valence-corrected chi connectivity index (χ3v) is 4.98. The molecule has 0 spiro atoms. The second-order valence-electron chi connectivity index (χ2n) is 6.73. The molecule has 1 atom stereocenters. The van der Waals surface area contributed by atoms with Crippen LogP contribution in [-0.2, 0) is 11.3 Å². The molecule has 3 rings (SSSR count). The summed E-state index contributed by atoms with van der Waals surface area (Å²) < 4.78 is 0. The highest BCUT2D eigenvalue weighted by Crippen LogP contribution is 2.20. The van der Waals surface area contributed by atoms with E-state index in [0.29, 0.717) is 5.92 Å². The van der Waals surface area contributed by atoms with Crippen LogP contribution in [-0.4, -0.2) is 37.0 Å². The highest BCUT2D eigenvalue weighted by Gasteiger charge is 2.28.